The van der Waals surface area contributed by atoms with Crippen LogP contribution in [0.25, 0.3) is 16.7 Å². The molecule has 0 bridgehead atoms. The van der Waals surface area contributed by atoms with E-state index >= 15 is 0 Å². The zero-order chi connectivity index (χ0) is 23.5. The second-order valence-corrected chi connectivity index (χ2v) is 9.99. The Bertz CT molecular complexity index is 1520. The van der Waals surface area contributed by atoms with Gasteiger partial charge in [0.25, 0.3) is 10.0 Å². The molecule has 0 radical (unpaired) electrons. The molecule has 0 fully saturated rings. The highest BCUT2D eigenvalue weighted by Crippen LogP contribution is 2.23. The normalized spacial score (nSPS) is 11.6. The zero-order valence-electron chi connectivity index (χ0n) is 18.8. The van der Waals surface area contributed by atoms with Crippen LogP contribution in [0.15, 0.2) is 108 Å². The molecule has 4 aromatic carbocycles. The number of para-hydroxylation sites is 3. The highest BCUT2D eigenvalue weighted by atomic mass is 32.2. The maximum atomic E-state index is 12.6. The minimum absolute atomic E-state index is 0.252. The molecule has 0 spiro atoms. The lowest BCUT2D eigenvalue weighted by atomic mass is 10.1. The number of aromatic nitrogens is 2. The summed E-state index contributed by atoms with van der Waals surface area (Å²) in [6, 6.07) is 32.8. The molecule has 34 heavy (non-hydrogen) atoms. The summed E-state index contributed by atoms with van der Waals surface area (Å²) in [7, 11) is -3.61. The molecule has 5 nitrogen and oxygen atoms in total. The highest BCUT2D eigenvalue weighted by Gasteiger charge is 2.14. The van der Waals surface area contributed by atoms with Gasteiger partial charge in [0.05, 0.1) is 15.9 Å². The second-order valence-electron chi connectivity index (χ2n) is 8.30. The van der Waals surface area contributed by atoms with Crippen molar-refractivity contribution in [2.24, 2.45) is 0 Å². The molecule has 6 heteroatoms. The van der Waals surface area contributed by atoms with Gasteiger partial charge in [-0.15, -0.1) is 0 Å². The molecule has 0 aliphatic rings. The Hall–Kier alpha value is -3.90. The van der Waals surface area contributed by atoms with Crippen LogP contribution in [0.4, 0.5) is 5.69 Å². The Morgan fingerprint density at radius 3 is 2.18 bits per heavy atom. The number of hydrogen-bond acceptors (Lipinski definition) is 3. The molecular formula is C28H25N3O2S. The molecule has 0 saturated heterocycles. The predicted octanol–water partition coefficient (Wildman–Crippen LogP) is 5.92. The third kappa shape index (κ3) is 4.58. The molecule has 0 saturated carbocycles. The quantitative estimate of drug-likeness (QED) is 0.323. The number of hydrogen-bond donors (Lipinski definition) is 1. The van der Waals surface area contributed by atoms with Crippen LogP contribution in [0.5, 0.6) is 0 Å². The number of aryl methyl sites for hydroxylation is 3. The van der Waals surface area contributed by atoms with Crippen LogP contribution in [0.2, 0.25) is 0 Å². The Morgan fingerprint density at radius 2 is 1.44 bits per heavy atom. The number of anilines is 1. The molecule has 0 aliphatic carbocycles. The molecule has 0 unspecified atom stereocenters. The van der Waals surface area contributed by atoms with Gasteiger partial charge < -0.3 is 0 Å². The van der Waals surface area contributed by atoms with E-state index in [1.807, 2.05) is 55.5 Å². The number of nitrogens with one attached hydrogen (secondary N) is 1. The molecule has 170 valence electrons. The number of sulfonamides is 1. The fourth-order valence-corrected chi connectivity index (χ4v) is 5.09. The first-order valence-corrected chi connectivity index (χ1v) is 12.7. The van der Waals surface area contributed by atoms with Crippen molar-refractivity contribution in [2.45, 2.75) is 24.7 Å². The minimum Gasteiger partial charge on any atom is -0.296 e. The lowest BCUT2D eigenvalue weighted by Crippen LogP contribution is -2.12. The lowest BCUT2D eigenvalue weighted by Gasteiger charge is -2.11. The van der Waals surface area contributed by atoms with Crippen LogP contribution in [0, 0.1) is 6.92 Å². The molecule has 5 rings (SSSR count). The summed E-state index contributed by atoms with van der Waals surface area (Å²) in [6.07, 6.45) is 1.55. The number of rotatable bonds is 7. The smallest absolute Gasteiger partial charge is 0.261 e. The SMILES string of the molecule is Cc1ccc(S(=O)(=O)Nc2ccc(CCc3nc4ccccc4n3-c3ccccc3)cc2)cc1. The summed E-state index contributed by atoms with van der Waals surface area (Å²) in [4.78, 5) is 5.13. The standard InChI is InChI=1S/C28H25N3O2S/c1-21-11-18-25(19-12-21)34(32,33)30-23-16-13-22(14-17-23)15-20-28-29-26-9-5-6-10-27(26)31(28)24-7-3-2-4-8-24/h2-14,16-19,30H,15,20H2,1H3. The monoisotopic (exact) mass is 467 g/mol. The largest absolute Gasteiger partial charge is 0.296 e. The molecule has 0 aliphatic heterocycles. The third-order valence-corrected chi connectivity index (χ3v) is 7.22. The van der Waals surface area contributed by atoms with Crippen molar-refractivity contribution in [3.05, 3.63) is 120 Å². The summed E-state index contributed by atoms with van der Waals surface area (Å²) in [5.41, 5.74) is 5.83. The van der Waals surface area contributed by atoms with E-state index in [1.165, 1.54) is 0 Å². The molecule has 1 aromatic heterocycles. The van der Waals surface area contributed by atoms with Gasteiger partial charge in [-0.3, -0.25) is 9.29 Å². The average Bonchev–Trinajstić information content (AvgIpc) is 3.23. The second kappa shape index (κ2) is 9.15. The fourth-order valence-electron chi connectivity index (χ4n) is 4.04. The summed E-state index contributed by atoms with van der Waals surface area (Å²) in [6.45, 7) is 1.93. The number of nitrogens with zero attached hydrogens (tertiary/aromatic N) is 2. The van der Waals surface area contributed by atoms with Crippen LogP contribution >= 0.6 is 0 Å². The molecule has 1 N–H and O–H groups in total. The zero-order valence-corrected chi connectivity index (χ0v) is 19.7. The van der Waals surface area contributed by atoms with Gasteiger partial charge in [-0.25, -0.2) is 13.4 Å². The van der Waals surface area contributed by atoms with E-state index in [4.69, 9.17) is 4.98 Å². The maximum Gasteiger partial charge on any atom is 0.261 e. The molecular weight excluding hydrogens is 442 g/mol. The first-order valence-electron chi connectivity index (χ1n) is 11.2. The van der Waals surface area contributed by atoms with Crippen molar-refractivity contribution in [1.29, 1.82) is 0 Å². The van der Waals surface area contributed by atoms with Gasteiger partial charge in [-0.05, 0) is 67.4 Å². The van der Waals surface area contributed by atoms with Gasteiger partial charge in [0.1, 0.15) is 5.82 Å². The molecule has 1 heterocycles. The predicted molar refractivity (Wildman–Crippen MR) is 137 cm³/mol. The van der Waals surface area contributed by atoms with E-state index < -0.39 is 10.0 Å². The third-order valence-electron chi connectivity index (χ3n) is 5.82. The number of imidazole rings is 1. The maximum absolute atomic E-state index is 12.6. The Kier molecular flexibility index (Phi) is 5.90. The van der Waals surface area contributed by atoms with E-state index in [2.05, 4.69) is 27.5 Å². The first-order chi connectivity index (χ1) is 16.5. The Balaban J connectivity index is 1.33. The van der Waals surface area contributed by atoms with Gasteiger partial charge in [0.2, 0.25) is 0 Å². The van der Waals surface area contributed by atoms with Crippen molar-refractivity contribution in [1.82, 2.24) is 9.55 Å². The summed E-state index contributed by atoms with van der Waals surface area (Å²) < 4.78 is 30.2. The molecule has 0 amide bonds. The minimum atomic E-state index is -3.61. The number of benzene rings is 4. The van der Waals surface area contributed by atoms with Crippen LogP contribution in [-0.2, 0) is 22.9 Å². The summed E-state index contributed by atoms with van der Waals surface area (Å²) in [5, 5.41) is 0. The average molecular weight is 468 g/mol. The Morgan fingerprint density at radius 1 is 0.765 bits per heavy atom. The van der Waals surface area contributed by atoms with Crippen molar-refractivity contribution in [3.63, 3.8) is 0 Å². The van der Waals surface area contributed by atoms with Crippen LogP contribution < -0.4 is 4.72 Å². The molecule has 0 atom stereocenters. The first kappa shape index (κ1) is 21.9. The van der Waals surface area contributed by atoms with Crippen molar-refractivity contribution < 1.29 is 8.42 Å². The Labute approximate surface area is 199 Å². The van der Waals surface area contributed by atoms with Gasteiger partial charge in [0, 0.05) is 17.8 Å². The summed E-state index contributed by atoms with van der Waals surface area (Å²) in [5.74, 6) is 0.997. The van der Waals surface area contributed by atoms with Crippen LogP contribution in [0.3, 0.4) is 0 Å². The van der Waals surface area contributed by atoms with Crippen molar-refractivity contribution in [2.75, 3.05) is 4.72 Å². The van der Waals surface area contributed by atoms with E-state index in [0.717, 1.165) is 46.5 Å². The van der Waals surface area contributed by atoms with Crippen molar-refractivity contribution >= 4 is 26.7 Å². The van der Waals surface area contributed by atoms with Crippen LogP contribution in [-0.4, -0.2) is 18.0 Å². The van der Waals surface area contributed by atoms with E-state index in [0.29, 0.717) is 5.69 Å². The van der Waals surface area contributed by atoms with Crippen LogP contribution in [0.1, 0.15) is 17.0 Å². The number of fused-ring (bicyclic) bond motifs is 1. The lowest BCUT2D eigenvalue weighted by molar-refractivity contribution is 0.601. The van der Waals surface area contributed by atoms with E-state index in [-0.39, 0.29) is 4.90 Å². The topological polar surface area (TPSA) is 64.0 Å². The van der Waals surface area contributed by atoms with Gasteiger partial charge in [-0.1, -0.05) is 60.2 Å². The van der Waals surface area contributed by atoms with Gasteiger partial charge >= 0.3 is 0 Å². The molecule has 5 aromatic rings. The summed E-state index contributed by atoms with van der Waals surface area (Å²) >= 11 is 0. The van der Waals surface area contributed by atoms with Crippen molar-refractivity contribution in [3.8, 4) is 5.69 Å². The van der Waals surface area contributed by atoms with Gasteiger partial charge in [-0.2, -0.15) is 0 Å². The highest BCUT2D eigenvalue weighted by molar-refractivity contribution is 7.92. The van der Waals surface area contributed by atoms with Gasteiger partial charge in [0.15, 0.2) is 0 Å². The fraction of sp³-hybridized carbons (Fsp3) is 0.107. The van der Waals surface area contributed by atoms with E-state index in [1.54, 1.807) is 36.4 Å². The van der Waals surface area contributed by atoms with E-state index in [9.17, 15) is 8.42 Å².